The van der Waals surface area contributed by atoms with Crippen LogP contribution in [0, 0.1) is 6.92 Å². The summed E-state index contributed by atoms with van der Waals surface area (Å²) in [6.45, 7) is 1.92. The highest BCUT2D eigenvalue weighted by atomic mass is 32.2. The predicted octanol–water partition coefficient (Wildman–Crippen LogP) is 5.01. The van der Waals surface area contributed by atoms with E-state index in [2.05, 4.69) is 15.8 Å². The first kappa shape index (κ1) is 17.2. The number of para-hydroxylation sites is 1. The van der Waals surface area contributed by atoms with Crippen LogP contribution in [-0.2, 0) is 10.0 Å². The molecule has 0 aliphatic heterocycles. The van der Waals surface area contributed by atoms with E-state index in [0.717, 1.165) is 27.6 Å². The van der Waals surface area contributed by atoms with Gasteiger partial charge in [0.1, 0.15) is 0 Å². The summed E-state index contributed by atoms with van der Waals surface area (Å²) in [5, 5.41) is 1.07. The van der Waals surface area contributed by atoms with E-state index in [9.17, 15) is 8.42 Å². The Labute approximate surface area is 158 Å². The highest BCUT2D eigenvalue weighted by Crippen LogP contribution is 2.25. The van der Waals surface area contributed by atoms with Crippen LogP contribution >= 0.6 is 0 Å². The van der Waals surface area contributed by atoms with Gasteiger partial charge in [-0.05, 0) is 48.9 Å². The van der Waals surface area contributed by atoms with Crippen molar-refractivity contribution < 1.29 is 8.42 Å². The van der Waals surface area contributed by atoms with Crippen LogP contribution in [-0.4, -0.2) is 13.4 Å². The van der Waals surface area contributed by atoms with Crippen molar-refractivity contribution in [2.75, 3.05) is 4.72 Å². The minimum absolute atomic E-state index is 0.246. The van der Waals surface area contributed by atoms with Crippen LogP contribution in [0.5, 0.6) is 0 Å². The second-order valence-corrected chi connectivity index (χ2v) is 8.09. The minimum atomic E-state index is -3.60. The molecule has 0 saturated heterocycles. The van der Waals surface area contributed by atoms with Crippen molar-refractivity contribution in [1.82, 2.24) is 4.98 Å². The fourth-order valence-corrected chi connectivity index (χ4v) is 3.95. The Hall–Kier alpha value is -3.18. The average Bonchev–Trinajstić information content (AvgIpc) is 2.68. The lowest BCUT2D eigenvalue weighted by Gasteiger charge is -2.09. The van der Waals surface area contributed by atoms with Crippen LogP contribution in [0.1, 0.15) is 5.56 Å². The van der Waals surface area contributed by atoms with Gasteiger partial charge in [0.25, 0.3) is 10.0 Å². The molecule has 0 aliphatic rings. The maximum atomic E-state index is 12.5. The maximum absolute atomic E-state index is 12.5. The number of aryl methyl sites for hydroxylation is 1. The van der Waals surface area contributed by atoms with Crippen molar-refractivity contribution in [2.24, 2.45) is 0 Å². The molecule has 27 heavy (non-hydrogen) atoms. The van der Waals surface area contributed by atoms with Gasteiger partial charge in [-0.2, -0.15) is 0 Å². The van der Waals surface area contributed by atoms with Crippen molar-refractivity contribution in [1.29, 1.82) is 0 Å². The van der Waals surface area contributed by atoms with Gasteiger partial charge < -0.3 is 0 Å². The number of rotatable bonds is 4. The van der Waals surface area contributed by atoms with Crippen LogP contribution in [0.3, 0.4) is 0 Å². The third kappa shape index (κ3) is 3.68. The third-order valence-corrected chi connectivity index (χ3v) is 5.79. The van der Waals surface area contributed by atoms with E-state index in [1.165, 1.54) is 0 Å². The summed E-state index contributed by atoms with van der Waals surface area (Å²) in [6, 6.07) is 24.1. The number of pyridine rings is 1. The molecular weight excluding hydrogens is 356 g/mol. The average molecular weight is 374 g/mol. The van der Waals surface area contributed by atoms with Crippen molar-refractivity contribution in [3.63, 3.8) is 0 Å². The molecule has 0 radical (unpaired) electrons. The van der Waals surface area contributed by atoms with E-state index in [-0.39, 0.29) is 4.90 Å². The lowest BCUT2D eigenvalue weighted by atomic mass is 10.1. The molecule has 4 rings (SSSR count). The van der Waals surface area contributed by atoms with E-state index in [0.29, 0.717) is 5.69 Å². The van der Waals surface area contributed by atoms with Crippen LogP contribution < -0.4 is 4.72 Å². The Balaban J connectivity index is 1.58. The van der Waals surface area contributed by atoms with E-state index in [1.54, 1.807) is 36.4 Å². The lowest BCUT2D eigenvalue weighted by Crippen LogP contribution is -2.12. The van der Waals surface area contributed by atoms with Crippen molar-refractivity contribution in [3.05, 3.63) is 90.6 Å². The molecule has 4 aromatic rings. The van der Waals surface area contributed by atoms with Gasteiger partial charge in [-0.3, -0.25) is 9.71 Å². The van der Waals surface area contributed by atoms with Gasteiger partial charge in [0.05, 0.1) is 10.4 Å². The summed E-state index contributed by atoms with van der Waals surface area (Å²) in [5.74, 6) is 0. The Kier molecular flexibility index (Phi) is 4.38. The number of sulfonamides is 1. The van der Waals surface area contributed by atoms with Crippen molar-refractivity contribution in [2.45, 2.75) is 11.8 Å². The first-order chi connectivity index (χ1) is 13.0. The summed E-state index contributed by atoms with van der Waals surface area (Å²) < 4.78 is 27.6. The summed E-state index contributed by atoms with van der Waals surface area (Å²) in [7, 11) is -3.60. The molecular formula is C22H18N2O2S. The van der Waals surface area contributed by atoms with E-state index >= 15 is 0 Å². The number of aromatic nitrogens is 1. The molecule has 0 fully saturated rings. The van der Waals surface area contributed by atoms with Gasteiger partial charge >= 0.3 is 0 Å². The zero-order valence-electron chi connectivity index (χ0n) is 14.8. The van der Waals surface area contributed by atoms with E-state index in [4.69, 9.17) is 0 Å². The standard InChI is InChI=1S/C22H18N2O2S/c1-16-6-12-21(13-7-16)27(25,26)24-20-10-8-17(9-11-20)19-14-18-4-2-3-5-22(18)23-15-19/h2-15,24H,1H3. The smallest absolute Gasteiger partial charge is 0.261 e. The molecule has 1 aromatic heterocycles. The second kappa shape index (κ2) is 6.85. The Morgan fingerprint density at radius 2 is 1.52 bits per heavy atom. The zero-order chi connectivity index (χ0) is 18.9. The van der Waals surface area contributed by atoms with Crippen LogP contribution in [0.25, 0.3) is 22.0 Å². The van der Waals surface area contributed by atoms with Crippen molar-refractivity contribution >= 4 is 26.6 Å². The van der Waals surface area contributed by atoms with E-state index in [1.807, 2.05) is 49.5 Å². The summed E-state index contributed by atoms with van der Waals surface area (Å²) in [4.78, 5) is 4.72. The predicted molar refractivity (Wildman–Crippen MR) is 109 cm³/mol. The number of nitrogens with one attached hydrogen (secondary N) is 1. The second-order valence-electron chi connectivity index (χ2n) is 6.41. The zero-order valence-corrected chi connectivity index (χ0v) is 15.6. The van der Waals surface area contributed by atoms with Gasteiger partial charge in [-0.25, -0.2) is 8.42 Å². The Morgan fingerprint density at radius 3 is 2.26 bits per heavy atom. The van der Waals surface area contributed by atoms with Gasteiger partial charge in [0.2, 0.25) is 0 Å². The van der Waals surface area contributed by atoms with E-state index < -0.39 is 10.0 Å². The van der Waals surface area contributed by atoms with Gasteiger partial charge in [0.15, 0.2) is 0 Å². The molecule has 0 bridgehead atoms. The van der Waals surface area contributed by atoms with Crippen molar-refractivity contribution in [3.8, 4) is 11.1 Å². The third-order valence-electron chi connectivity index (χ3n) is 4.39. The topological polar surface area (TPSA) is 59.1 Å². The minimum Gasteiger partial charge on any atom is -0.280 e. The highest BCUT2D eigenvalue weighted by Gasteiger charge is 2.13. The largest absolute Gasteiger partial charge is 0.280 e. The Morgan fingerprint density at radius 1 is 0.815 bits per heavy atom. The first-order valence-electron chi connectivity index (χ1n) is 8.56. The summed E-state index contributed by atoms with van der Waals surface area (Å²) in [5.41, 5.74) is 4.45. The quantitative estimate of drug-likeness (QED) is 0.546. The molecule has 0 amide bonds. The number of fused-ring (bicyclic) bond motifs is 1. The number of anilines is 1. The number of benzene rings is 3. The molecule has 0 unspecified atom stereocenters. The van der Waals surface area contributed by atoms with Gasteiger partial charge in [-0.15, -0.1) is 0 Å². The maximum Gasteiger partial charge on any atom is 0.261 e. The Bertz CT molecular complexity index is 1200. The number of hydrogen-bond donors (Lipinski definition) is 1. The van der Waals surface area contributed by atoms with Gasteiger partial charge in [0, 0.05) is 22.8 Å². The monoisotopic (exact) mass is 374 g/mol. The normalized spacial score (nSPS) is 11.4. The molecule has 0 saturated carbocycles. The molecule has 3 aromatic carbocycles. The van der Waals surface area contributed by atoms with Crippen LogP contribution in [0.15, 0.2) is 90.0 Å². The molecule has 1 N–H and O–H groups in total. The summed E-state index contributed by atoms with van der Waals surface area (Å²) >= 11 is 0. The molecule has 0 spiro atoms. The van der Waals surface area contributed by atoms with Crippen LogP contribution in [0.4, 0.5) is 5.69 Å². The summed E-state index contributed by atoms with van der Waals surface area (Å²) in [6.07, 6.45) is 1.83. The number of hydrogen-bond acceptors (Lipinski definition) is 3. The number of nitrogens with zero attached hydrogens (tertiary/aromatic N) is 1. The molecule has 0 atom stereocenters. The van der Waals surface area contributed by atoms with Gasteiger partial charge in [-0.1, -0.05) is 48.0 Å². The molecule has 1 heterocycles. The fraction of sp³-hybridized carbons (Fsp3) is 0.0455. The SMILES string of the molecule is Cc1ccc(S(=O)(=O)Nc2ccc(-c3cnc4ccccc4c3)cc2)cc1. The molecule has 0 aliphatic carbocycles. The molecule has 5 heteroatoms. The molecule has 134 valence electrons. The first-order valence-corrected chi connectivity index (χ1v) is 10.0. The fourth-order valence-electron chi connectivity index (χ4n) is 2.89. The highest BCUT2D eigenvalue weighted by molar-refractivity contribution is 7.92. The van der Waals surface area contributed by atoms with Crippen LogP contribution in [0.2, 0.25) is 0 Å². The lowest BCUT2D eigenvalue weighted by molar-refractivity contribution is 0.601. The molecule has 4 nitrogen and oxygen atoms in total.